The third kappa shape index (κ3) is 3.06. The molecule has 100 valence electrons. The molecule has 2 nitrogen and oxygen atoms in total. The first-order chi connectivity index (χ1) is 9.11. The zero-order valence-corrected chi connectivity index (χ0v) is 9.87. The quantitative estimate of drug-likeness (QED) is 0.922. The van der Waals surface area contributed by atoms with Gasteiger partial charge in [0.05, 0.1) is 6.61 Å². The van der Waals surface area contributed by atoms with Gasteiger partial charge in [0.1, 0.15) is 18.2 Å². The number of hydrogen-bond acceptors (Lipinski definition) is 2. The Balaban J connectivity index is 2.17. The molecule has 0 saturated carbocycles. The molecule has 0 aliphatic carbocycles. The summed E-state index contributed by atoms with van der Waals surface area (Å²) in [5.74, 6) is -2.21. The van der Waals surface area contributed by atoms with Crippen molar-refractivity contribution in [2.75, 3.05) is 0 Å². The highest BCUT2D eigenvalue weighted by atomic mass is 19.2. The normalized spacial score (nSPS) is 10.5. The molecule has 0 atom stereocenters. The van der Waals surface area contributed by atoms with Gasteiger partial charge >= 0.3 is 0 Å². The molecule has 0 saturated heterocycles. The second kappa shape index (κ2) is 5.75. The zero-order chi connectivity index (χ0) is 13.8. The van der Waals surface area contributed by atoms with Crippen LogP contribution in [0.4, 0.5) is 13.2 Å². The van der Waals surface area contributed by atoms with Crippen molar-refractivity contribution < 1.29 is 23.0 Å². The Bertz CT molecular complexity index is 585. The molecule has 0 aromatic heterocycles. The molecule has 0 aliphatic heterocycles. The lowest BCUT2D eigenvalue weighted by Crippen LogP contribution is -2.02. The maximum atomic E-state index is 13.4. The molecule has 0 fully saturated rings. The second-order valence-electron chi connectivity index (χ2n) is 3.91. The number of aliphatic hydroxyl groups is 1. The molecule has 0 radical (unpaired) electrons. The van der Waals surface area contributed by atoms with Crippen LogP contribution in [0.1, 0.15) is 11.1 Å². The maximum absolute atomic E-state index is 13.4. The molecule has 0 aliphatic rings. The van der Waals surface area contributed by atoms with E-state index in [2.05, 4.69) is 0 Å². The highest BCUT2D eigenvalue weighted by molar-refractivity contribution is 5.33. The van der Waals surface area contributed by atoms with Crippen molar-refractivity contribution in [2.24, 2.45) is 0 Å². The average molecular weight is 268 g/mol. The molecule has 0 heterocycles. The van der Waals surface area contributed by atoms with Crippen LogP contribution in [0.5, 0.6) is 5.75 Å². The minimum atomic E-state index is -0.977. The molecule has 0 spiro atoms. The zero-order valence-electron chi connectivity index (χ0n) is 9.87. The van der Waals surface area contributed by atoms with E-state index >= 15 is 0 Å². The van der Waals surface area contributed by atoms with Crippen LogP contribution in [0.3, 0.4) is 0 Å². The number of rotatable bonds is 4. The monoisotopic (exact) mass is 268 g/mol. The molecular weight excluding hydrogens is 257 g/mol. The van der Waals surface area contributed by atoms with Gasteiger partial charge in [0.2, 0.25) is 0 Å². The smallest absolute Gasteiger partial charge is 0.165 e. The summed E-state index contributed by atoms with van der Waals surface area (Å²) < 4.78 is 44.6. The predicted molar refractivity (Wildman–Crippen MR) is 63.0 cm³/mol. The first-order valence-corrected chi connectivity index (χ1v) is 5.57. The molecule has 0 bridgehead atoms. The second-order valence-corrected chi connectivity index (χ2v) is 3.91. The summed E-state index contributed by atoms with van der Waals surface area (Å²) in [4.78, 5) is 0. The van der Waals surface area contributed by atoms with Crippen molar-refractivity contribution in [2.45, 2.75) is 13.2 Å². The van der Waals surface area contributed by atoms with Gasteiger partial charge in [0, 0.05) is 11.1 Å². The number of hydrogen-bond donors (Lipinski definition) is 1. The lowest BCUT2D eigenvalue weighted by molar-refractivity contribution is 0.255. The van der Waals surface area contributed by atoms with Crippen molar-refractivity contribution in [3.8, 4) is 5.75 Å². The summed E-state index contributed by atoms with van der Waals surface area (Å²) >= 11 is 0. The first-order valence-electron chi connectivity index (χ1n) is 5.57. The van der Waals surface area contributed by atoms with Crippen LogP contribution in [0, 0.1) is 17.5 Å². The van der Waals surface area contributed by atoms with E-state index in [1.54, 1.807) is 0 Å². The number of benzene rings is 2. The van der Waals surface area contributed by atoms with E-state index in [4.69, 9.17) is 9.84 Å². The SMILES string of the molecule is OCc1cc(F)ccc1OCc1cccc(F)c1F. The molecule has 5 heteroatoms. The van der Waals surface area contributed by atoms with Crippen LogP contribution in [-0.4, -0.2) is 5.11 Å². The average Bonchev–Trinajstić information content (AvgIpc) is 2.41. The summed E-state index contributed by atoms with van der Waals surface area (Å²) in [7, 11) is 0. The number of halogens is 3. The van der Waals surface area contributed by atoms with Gasteiger partial charge in [0.15, 0.2) is 11.6 Å². The fourth-order valence-electron chi connectivity index (χ4n) is 1.63. The van der Waals surface area contributed by atoms with Gasteiger partial charge in [-0.15, -0.1) is 0 Å². The lowest BCUT2D eigenvalue weighted by Gasteiger charge is -2.11. The van der Waals surface area contributed by atoms with Gasteiger partial charge in [-0.25, -0.2) is 13.2 Å². The van der Waals surface area contributed by atoms with E-state index in [1.807, 2.05) is 0 Å². The van der Waals surface area contributed by atoms with Crippen LogP contribution in [0.25, 0.3) is 0 Å². The van der Waals surface area contributed by atoms with Crippen LogP contribution in [0.2, 0.25) is 0 Å². The van der Waals surface area contributed by atoms with Crippen molar-refractivity contribution in [1.29, 1.82) is 0 Å². The Morgan fingerprint density at radius 2 is 1.79 bits per heavy atom. The van der Waals surface area contributed by atoms with Gasteiger partial charge in [-0.1, -0.05) is 12.1 Å². The van der Waals surface area contributed by atoms with E-state index in [-0.39, 0.29) is 23.5 Å². The number of ether oxygens (including phenoxy) is 1. The lowest BCUT2D eigenvalue weighted by atomic mass is 10.2. The molecule has 19 heavy (non-hydrogen) atoms. The number of aliphatic hydroxyl groups excluding tert-OH is 1. The molecule has 0 unspecified atom stereocenters. The summed E-state index contributed by atoms with van der Waals surface area (Å²) in [5, 5.41) is 9.06. The van der Waals surface area contributed by atoms with Gasteiger partial charge < -0.3 is 9.84 Å². The fraction of sp³-hybridized carbons (Fsp3) is 0.143. The van der Waals surface area contributed by atoms with E-state index in [0.717, 1.165) is 18.2 Å². The molecule has 0 amide bonds. The standard InChI is InChI=1S/C14H11F3O2/c15-11-4-5-13(10(6-11)7-18)19-8-9-2-1-3-12(16)14(9)17/h1-6,18H,7-8H2. The Morgan fingerprint density at radius 1 is 1.00 bits per heavy atom. The van der Waals surface area contributed by atoms with E-state index in [1.165, 1.54) is 18.2 Å². The van der Waals surface area contributed by atoms with Crippen LogP contribution in [-0.2, 0) is 13.2 Å². The van der Waals surface area contributed by atoms with Gasteiger partial charge in [-0.2, -0.15) is 0 Å². The van der Waals surface area contributed by atoms with Crippen molar-refractivity contribution in [1.82, 2.24) is 0 Å². The van der Waals surface area contributed by atoms with Crippen LogP contribution >= 0.6 is 0 Å². The molecule has 2 aromatic carbocycles. The fourth-order valence-corrected chi connectivity index (χ4v) is 1.63. The van der Waals surface area contributed by atoms with Gasteiger partial charge in [-0.3, -0.25) is 0 Å². The third-order valence-electron chi connectivity index (χ3n) is 2.61. The molecule has 2 aromatic rings. The molecule has 1 N–H and O–H groups in total. The Kier molecular flexibility index (Phi) is 4.06. The van der Waals surface area contributed by atoms with E-state index in [9.17, 15) is 13.2 Å². The molecular formula is C14H11F3O2. The molecule has 2 rings (SSSR count). The van der Waals surface area contributed by atoms with Gasteiger partial charge in [-0.05, 0) is 24.3 Å². The maximum Gasteiger partial charge on any atom is 0.165 e. The summed E-state index contributed by atoms with van der Waals surface area (Å²) in [6.07, 6.45) is 0. The van der Waals surface area contributed by atoms with E-state index in [0.29, 0.717) is 0 Å². The summed E-state index contributed by atoms with van der Waals surface area (Å²) in [6, 6.07) is 7.39. The van der Waals surface area contributed by atoms with E-state index < -0.39 is 24.1 Å². The topological polar surface area (TPSA) is 29.5 Å². The highest BCUT2D eigenvalue weighted by Crippen LogP contribution is 2.22. The van der Waals surface area contributed by atoms with Crippen LogP contribution < -0.4 is 4.74 Å². The first kappa shape index (κ1) is 13.4. The summed E-state index contributed by atoms with van der Waals surface area (Å²) in [6.45, 7) is -0.610. The Morgan fingerprint density at radius 3 is 2.53 bits per heavy atom. The van der Waals surface area contributed by atoms with Gasteiger partial charge in [0.25, 0.3) is 0 Å². The largest absolute Gasteiger partial charge is 0.488 e. The third-order valence-corrected chi connectivity index (χ3v) is 2.61. The van der Waals surface area contributed by atoms with Crippen molar-refractivity contribution >= 4 is 0 Å². The van der Waals surface area contributed by atoms with Crippen LogP contribution in [0.15, 0.2) is 36.4 Å². The Labute approximate surface area is 108 Å². The Hall–Kier alpha value is -2.01. The minimum absolute atomic E-state index is 0.0493. The van der Waals surface area contributed by atoms with Crippen molar-refractivity contribution in [3.05, 3.63) is 65.0 Å². The highest BCUT2D eigenvalue weighted by Gasteiger charge is 2.10. The minimum Gasteiger partial charge on any atom is -0.488 e. The summed E-state index contributed by atoms with van der Waals surface area (Å²) in [5.41, 5.74) is 0.296. The predicted octanol–water partition coefficient (Wildman–Crippen LogP) is 3.18. The van der Waals surface area contributed by atoms with Crippen molar-refractivity contribution in [3.63, 3.8) is 0 Å².